The molecule has 1 aliphatic heterocycles. The molecular weight excluding hydrogens is 184 g/mol. The molecule has 0 aromatic carbocycles. The van der Waals surface area contributed by atoms with Gasteiger partial charge in [-0.3, -0.25) is 0 Å². The van der Waals surface area contributed by atoms with Gasteiger partial charge in [-0.05, 0) is 31.0 Å². The van der Waals surface area contributed by atoms with Gasteiger partial charge in [0, 0.05) is 19.6 Å². The zero-order valence-electron chi connectivity index (χ0n) is 11.4. The third-order valence-electron chi connectivity index (χ3n) is 4.38. The van der Waals surface area contributed by atoms with Gasteiger partial charge in [-0.1, -0.05) is 34.6 Å². The van der Waals surface area contributed by atoms with Crippen LogP contribution in [0.25, 0.3) is 0 Å². The Balaban J connectivity index is 2.73. The van der Waals surface area contributed by atoms with Crippen LogP contribution in [0.2, 0.25) is 0 Å². The van der Waals surface area contributed by atoms with Gasteiger partial charge in [-0.15, -0.1) is 0 Å². The van der Waals surface area contributed by atoms with Crippen molar-refractivity contribution < 1.29 is 0 Å². The van der Waals surface area contributed by atoms with Gasteiger partial charge < -0.3 is 9.80 Å². The first-order valence-corrected chi connectivity index (χ1v) is 6.25. The average molecular weight is 212 g/mol. The van der Waals surface area contributed by atoms with E-state index in [2.05, 4.69) is 51.5 Å². The molecule has 1 saturated heterocycles. The van der Waals surface area contributed by atoms with Crippen molar-refractivity contribution in [2.45, 2.75) is 34.6 Å². The summed E-state index contributed by atoms with van der Waals surface area (Å²) in [6.45, 7) is 17.8. The first-order valence-electron chi connectivity index (χ1n) is 6.25. The van der Waals surface area contributed by atoms with Gasteiger partial charge in [-0.2, -0.15) is 0 Å². The van der Waals surface area contributed by atoms with Crippen molar-refractivity contribution in [2.24, 2.45) is 10.8 Å². The number of hydrogen-bond donors (Lipinski definition) is 0. The quantitative estimate of drug-likeness (QED) is 0.705. The molecule has 0 saturated carbocycles. The Kier molecular flexibility index (Phi) is 3.83. The maximum absolute atomic E-state index is 2.56. The first kappa shape index (κ1) is 13.0. The van der Waals surface area contributed by atoms with E-state index in [9.17, 15) is 0 Å². The molecule has 0 radical (unpaired) electrons. The van der Waals surface area contributed by atoms with E-state index in [1.165, 1.54) is 32.7 Å². The predicted octanol–water partition coefficient (Wildman–Crippen LogP) is 2.31. The van der Waals surface area contributed by atoms with Gasteiger partial charge in [0.2, 0.25) is 0 Å². The molecule has 2 nitrogen and oxygen atoms in total. The maximum atomic E-state index is 2.56. The van der Waals surface area contributed by atoms with Crippen molar-refractivity contribution >= 4 is 0 Å². The smallest absolute Gasteiger partial charge is 0.00530 e. The molecule has 0 amide bonds. The molecule has 0 bridgehead atoms. The number of rotatable bonds is 4. The summed E-state index contributed by atoms with van der Waals surface area (Å²) in [5, 5.41) is 0. The van der Waals surface area contributed by atoms with Crippen molar-refractivity contribution in [2.75, 3.05) is 39.8 Å². The Labute approximate surface area is 95.6 Å². The molecule has 90 valence electrons. The molecule has 1 rings (SSSR count). The second-order valence-corrected chi connectivity index (χ2v) is 6.08. The average Bonchev–Trinajstić information content (AvgIpc) is 2.31. The monoisotopic (exact) mass is 212 g/mol. The number of likely N-dealkylation sites (tertiary alicyclic amines) is 1. The van der Waals surface area contributed by atoms with Gasteiger partial charge >= 0.3 is 0 Å². The van der Waals surface area contributed by atoms with Crippen molar-refractivity contribution in [1.82, 2.24) is 9.80 Å². The highest BCUT2D eigenvalue weighted by atomic mass is 15.2. The van der Waals surface area contributed by atoms with Gasteiger partial charge in [0.25, 0.3) is 0 Å². The zero-order valence-corrected chi connectivity index (χ0v) is 11.4. The highest BCUT2D eigenvalue weighted by molar-refractivity contribution is 5.00. The van der Waals surface area contributed by atoms with Crippen LogP contribution in [0.3, 0.4) is 0 Å². The van der Waals surface area contributed by atoms with E-state index in [0.717, 1.165) is 0 Å². The molecule has 1 aliphatic rings. The van der Waals surface area contributed by atoms with Crippen LogP contribution in [-0.4, -0.2) is 49.6 Å². The fraction of sp³-hybridized carbons (Fsp3) is 1.00. The lowest BCUT2D eigenvalue weighted by Gasteiger charge is -2.40. The summed E-state index contributed by atoms with van der Waals surface area (Å²) < 4.78 is 0. The predicted molar refractivity (Wildman–Crippen MR) is 67.2 cm³/mol. The van der Waals surface area contributed by atoms with Gasteiger partial charge in [-0.25, -0.2) is 0 Å². The topological polar surface area (TPSA) is 6.48 Å². The van der Waals surface area contributed by atoms with Crippen molar-refractivity contribution in [1.29, 1.82) is 0 Å². The van der Waals surface area contributed by atoms with E-state index in [1.54, 1.807) is 0 Å². The lowest BCUT2D eigenvalue weighted by atomic mass is 9.69. The van der Waals surface area contributed by atoms with Crippen LogP contribution in [0.15, 0.2) is 0 Å². The molecule has 0 aromatic rings. The summed E-state index contributed by atoms with van der Waals surface area (Å²) in [6, 6.07) is 0. The normalized spacial score (nSPS) is 31.4. The summed E-state index contributed by atoms with van der Waals surface area (Å²) in [5.74, 6) is 0. The Morgan fingerprint density at radius 3 is 1.93 bits per heavy atom. The second-order valence-electron chi connectivity index (χ2n) is 6.08. The minimum atomic E-state index is 0.435. The molecule has 15 heavy (non-hydrogen) atoms. The highest BCUT2D eigenvalue weighted by Crippen LogP contribution is 2.45. The Morgan fingerprint density at radius 1 is 1.07 bits per heavy atom. The van der Waals surface area contributed by atoms with Gasteiger partial charge in [0.05, 0.1) is 0 Å². The lowest BCUT2D eigenvalue weighted by molar-refractivity contribution is 0.0923. The summed E-state index contributed by atoms with van der Waals surface area (Å²) in [7, 11) is 2.25. The van der Waals surface area contributed by atoms with Gasteiger partial charge in [0.15, 0.2) is 0 Å². The molecule has 0 spiro atoms. The standard InChI is InChI=1S/C13H28N2/c1-7-15(8-2)11-13(5)10-14(6)9-12(13,3)4/h7-11H2,1-6H3. The zero-order chi connectivity index (χ0) is 11.7. The second kappa shape index (κ2) is 4.42. The van der Waals surface area contributed by atoms with E-state index in [0.29, 0.717) is 10.8 Å². The molecule has 2 heteroatoms. The van der Waals surface area contributed by atoms with Crippen LogP contribution in [0.1, 0.15) is 34.6 Å². The van der Waals surface area contributed by atoms with Crippen molar-refractivity contribution in [3.8, 4) is 0 Å². The van der Waals surface area contributed by atoms with E-state index in [-0.39, 0.29) is 0 Å². The fourth-order valence-electron chi connectivity index (χ4n) is 2.94. The molecule has 1 fully saturated rings. The minimum absolute atomic E-state index is 0.435. The van der Waals surface area contributed by atoms with E-state index in [4.69, 9.17) is 0 Å². The lowest BCUT2D eigenvalue weighted by Crippen LogP contribution is -2.44. The summed E-state index contributed by atoms with van der Waals surface area (Å²) in [5.41, 5.74) is 0.873. The van der Waals surface area contributed by atoms with E-state index in [1.807, 2.05) is 0 Å². The summed E-state index contributed by atoms with van der Waals surface area (Å²) >= 11 is 0. The number of hydrogen-bond acceptors (Lipinski definition) is 2. The first-order chi connectivity index (χ1) is 6.84. The van der Waals surface area contributed by atoms with E-state index < -0.39 is 0 Å². The van der Waals surface area contributed by atoms with Crippen molar-refractivity contribution in [3.63, 3.8) is 0 Å². The van der Waals surface area contributed by atoms with Crippen LogP contribution in [0.4, 0.5) is 0 Å². The van der Waals surface area contributed by atoms with Crippen LogP contribution >= 0.6 is 0 Å². The molecule has 0 aliphatic carbocycles. The van der Waals surface area contributed by atoms with Crippen LogP contribution < -0.4 is 0 Å². The summed E-state index contributed by atoms with van der Waals surface area (Å²) in [6.07, 6.45) is 0. The third kappa shape index (κ3) is 2.54. The molecule has 0 aromatic heterocycles. The molecule has 0 N–H and O–H groups in total. The highest BCUT2D eigenvalue weighted by Gasteiger charge is 2.47. The SMILES string of the molecule is CCN(CC)CC1(C)CN(C)CC1(C)C. The molecular formula is C13H28N2. The van der Waals surface area contributed by atoms with Crippen molar-refractivity contribution in [3.05, 3.63) is 0 Å². The van der Waals surface area contributed by atoms with Crippen LogP contribution in [0.5, 0.6) is 0 Å². The minimum Gasteiger partial charge on any atom is -0.305 e. The summed E-state index contributed by atoms with van der Waals surface area (Å²) in [4.78, 5) is 5.03. The molecule has 1 unspecified atom stereocenters. The van der Waals surface area contributed by atoms with Crippen LogP contribution in [0, 0.1) is 10.8 Å². The maximum Gasteiger partial charge on any atom is 0.00530 e. The van der Waals surface area contributed by atoms with Crippen LogP contribution in [-0.2, 0) is 0 Å². The van der Waals surface area contributed by atoms with Gasteiger partial charge in [0.1, 0.15) is 0 Å². The Morgan fingerprint density at radius 2 is 1.60 bits per heavy atom. The Hall–Kier alpha value is -0.0800. The largest absolute Gasteiger partial charge is 0.305 e. The molecule has 1 heterocycles. The van der Waals surface area contributed by atoms with E-state index >= 15 is 0 Å². The molecule has 1 atom stereocenters. The third-order valence-corrected chi connectivity index (χ3v) is 4.38. The number of nitrogens with zero attached hydrogens (tertiary/aromatic N) is 2. The Bertz CT molecular complexity index is 209. The fourth-order valence-corrected chi connectivity index (χ4v) is 2.94.